The highest BCUT2D eigenvalue weighted by Gasteiger charge is 2.10. The summed E-state index contributed by atoms with van der Waals surface area (Å²) in [5, 5.41) is 11.0. The number of carbonyl (C=O) groups is 1. The number of nitrogens with one attached hydrogen (secondary N) is 1. The summed E-state index contributed by atoms with van der Waals surface area (Å²) in [7, 11) is 1.58. The Morgan fingerprint density at radius 2 is 2.17 bits per heavy atom. The number of benzene rings is 1. The number of carbonyl (C=O) groups excluding carboxylic acids is 1. The molecule has 0 saturated heterocycles. The molecule has 0 radical (unpaired) electrons. The molecule has 0 fully saturated rings. The Morgan fingerprint density at radius 3 is 3.04 bits per heavy atom. The molecule has 23 heavy (non-hydrogen) atoms. The van der Waals surface area contributed by atoms with Gasteiger partial charge in [-0.1, -0.05) is 17.3 Å². The molecule has 7 nitrogen and oxygen atoms in total. The third kappa shape index (κ3) is 3.57. The smallest absolute Gasteiger partial charge is 0.286 e. The Bertz CT molecular complexity index is 793. The van der Waals surface area contributed by atoms with E-state index in [1.807, 2.05) is 28.9 Å². The van der Waals surface area contributed by atoms with Gasteiger partial charge >= 0.3 is 0 Å². The van der Waals surface area contributed by atoms with Crippen molar-refractivity contribution in [3.8, 4) is 0 Å². The van der Waals surface area contributed by atoms with Crippen molar-refractivity contribution >= 4 is 16.9 Å². The summed E-state index contributed by atoms with van der Waals surface area (Å²) in [6.07, 6.45) is 0.755. The van der Waals surface area contributed by atoms with Gasteiger partial charge in [0.15, 0.2) is 5.76 Å². The van der Waals surface area contributed by atoms with Crippen LogP contribution in [0.15, 0.2) is 40.8 Å². The fraction of sp³-hybridized carbons (Fsp3) is 0.312. The minimum atomic E-state index is -0.226. The molecule has 0 aliphatic carbocycles. The van der Waals surface area contributed by atoms with Crippen LogP contribution in [0.5, 0.6) is 0 Å². The topological polar surface area (TPSA) is 82.2 Å². The molecule has 0 bridgehead atoms. The fourth-order valence-electron chi connectivity index (χ4n) is 2.32. The van der Waals surface area contributed by atoms with Gasteiger partial charge in [-0.25, -0.2) is 4.68 Å². The van der Waals surface area contributed by atoms with Gasteiger partial charge in [-0.2, -0.15) is 0 Å². The van der Waals surface area contributed by atoms with Crippen molar-refractivity contribution in [2.75, 3.05) is 13.7 Å². The van der Waals surface area contributed by atoms with Crippen LogP contribution in [-0.4, -0.2) is 34.6 Å². The lowest BCUT2D eigenvalue weighted by Crippen LogP contribution is -2.25. The van der Waals surface area contributed by atoms with Gasteiger partial charge in [-0.15, -0.1) is 5.10 Å². The lowest BCUT2D eigenvalue weighted by molar-refractivity contribution is 0.0916. The largest absolute Gasteiger partial charge is 0.453 e. The number of fused-ring (bicyclic) bond motifs is 1. The summed E-state index contributed by atoms with van der Waals surface area (Å²) in [4.78, 5) is 12.0. The van der Waals surface area contributed by atoms with Gasteiger partial charge in [0, 0.05) is 20.2 Å². The van der Waals surface area contributed by atoms with Crippen LogP contribution in [0.3, 0.4) is 0 Å². The Kier molecular flexibility index (Phi) is 4.68. The quantitative estimate of drug-likeness (QED) is 0.674. The standard InChI is InChI=1S/C16H18N4O3/c1-22-11-12-7-8-15(23-12)16(21)17-9-4-10-20-14-6-3-2-5-13(14)18-19-20/h2-3,5-8H,4,9-11H2,1H3,(H,17,21). The molecule has 0 saturated carbocycles. The van der Waals surface area contributed by atoms with E-state index in [1.165, 1.54) is 0 Å². The third-order valence-electron chi connectivity index (χ3n) is 3.42. The average molecular weight is 314 g/mol. The number of amides is 1. The first-order valence-electron chi connectivity index (χ1n) is 7.42. The van der Waals surface area contributed by atoms with Crippen LogP contribution < -0.4 is 5.32 Å². The van der Waals surface area contributed by atoms with Crippen molar-refractivity contribution in [3.05, 3.63) is 47.9 Å². The zero-order valence-electron chi connectivity index (χ0n) is 12.9. The van der Waals surface area contributed by atoms with E-state index in [2.05, 4.69) is 15.6 Å². The van der Waals surface area contributed by atoms with Gasteiger partial charge in [-0.3, -0.25) is 4.79 Å². The zero-order chi connectivity index (χ0) is 16.1. The molecule has 2 heterocycles. The molecule has 1 amide bonds. The third-order valence-corrected chi connectivity index (χ3v) is 3.42. The number of aromatic nitrogens is 3. The maximum Gasteiger partial charge on any atom is 0.286 e. The number of para-hydroxylation sites is 1. The summed E-state index contributed by atoms with van der Waals surface area (Å²) in [6.45, 7) is 1.58. The molecule has 7 heteroatoms. The predicted octanol–water partition coefficient (Wildman–Crippen LogP) is 1.99. The molecule has 120 valence electrons. The molecule has 0 aliphatic heterocycles. The lowest BCUT2D eigenvalue weighted by atomic mass is 10.3. The molecule has 1 aromatic carbocycles. The van der Waals surface area contributed by atoms with Crippen LogP contribution in [0, 0.1) is 0 Å². The van der Waals surface area contributed by atoms with E-state index in [0.717, 1.165) is 17.5 Å². The Morgan fingerprint density at radius 1 is 1.30 bits per heavy atom. The van der Waals surface area contributed by atoms with Crippen LogP contribution in [0.4, 0.5) is 0 Å². The average Bonchev–Trinajstić information content (AvgIpc) is 3.19. The van der Waals surface area contributed by atoms with Crippen LogP contribution >= 0.6 is 0 Å². The molecular weight excluding hydrogens is 296 g/mol. The fourth-order valence-corrected chi connectivity index (χ4v) is 2.32. The number of methoxy groups -OCH3 is 1. The summed E-state index contributed by atoms with van der Waals surface area (Å²) in [5.41, 5.74) is 1.87. The molecule has 3 rings (SSSR count). The van der Waals surface area contributed by atoms with Gasteiger partial charge in [0.05, 0.1) is 5.52 Å². The summed E-state index contributed by atoms with van der Waals surface area (Å²) < 4.78 is 12.2. The van der Waals surface area contributed by atoms with Gasteiger partial charge in [-0.05, 0) is 30.7 Å². The minimum Gasteiger partial charge on any atom is -0.453 e. The Balaban J connectivity index is 1.48. The van der Waals surface area contributed by atoms with Crippen molar-refractivity contribution in [2.45, 2.75) is 19.6 Å². The Hall–Kier alpha value is -2.67. The van der Waals surface area contributed by atoms with E-state index in [4.69, 9.17) is 9.15 Å². The molecule has 0 atom stereocenters. The van der Waals surface area contributed by atoms with Crippen molar-refractivity contribution < 1.29 is 13.9 Å². The van der Waals surface area contributed by atoms with Crippen LogP contribution in [0.2, 0.25) is 0 Å². The number of aryl methyl sites for hydroxylation is 1. The van der Waals surface area contributed by atoms with Crippen LogP contribution in [0.25, 0.3) is 11.0 Å². The van der Waals surface area contributed by atoms with E-state index in [1.54, 1.807) is 19.2 Å². The molecule has 1 N–H and O–H groups in total. The highest BCUT2D eigenvalue weighted by molar-refractivity contribution is 5.91. The van der Waals surface area contributed by atoms with Gasteiger partial charge in [0.25, 0.3) is 5.91 Å². The second-order valence-corrected chi connectivity index (χ2v) is 5.11. The normalized spacial score (nSPS) is 11.0. The van der Waals surface area contributed by atoms with E-state index >= 15 is 0 Å². The first-order valence-corrected chi connectivity index (χ1v) is 7.42. The zero-order valence-corrected chi connectivity index (χ0v) is 12.9. The first kappa shape index (κ1) is 15.2. The Labute approximate surface area is 133 Å². The maximum atomic E-state index is 12.0. The maximum absolute atomic E-state index is 12.0. The van der Waals surface area contributed by atoms with E-state index in [9.17, 15) is 4.79 Å². The molecular formula is C16H18N4O3. The summed E-state index contributed by atoms with van der Waals surface area (Å²) in [6, 6.07) is 11.2. The van der Waals surface area contributed by atoms with E-state index in [0.29, 0.717) is 31.2 Å². The highest BCUT2D eigenvalue weighted by atomic mass is 16.5. The van der Waals surface area contributed by atoms with Crippen molar-refractivity contribution in [3.63, 3.8) is 0 Å². The highest BCUT2D eigenvalue weighted by Crippen LogP contribution is 2.10. The molecule has 0 aliphatic rings. The van der Waals surface area contributed by atoms with E-state index < -0.39 is 0 Å². The molecule has 0 unspecified atom stereocenters. The van der Waals surface area contributed by atoms with Gasteiger partial charge in [0.1, 0.15) is 17.9 Å². The predicted molar refractivity (Wildman–Crippen MR) is 83.9 cm³/mol. The van der Waals surface area contributed by atoms with E-state index in [-0.39, 0.29) is 5.91 Å². The minimum absolute atomic E-state index is 0.226. The van der Waals surface area contributed by atoms with Gasteiger partial charge in [0.2, 0.25) is 0 Å². The number of hydrogen-bond acceptors (Lipinski definition) is 5. The summed E-state index contributed by atoms with van der Waals surface area (Å²) >= 11 is 0. The van der Waals surface area contributed by atoms with Crippen molar-refractivity contribution in [1.29, 1.82) is 0 Å². The van der Waals surface area contributed by atoms with Crippen molar-refractivity contribution in [1.82, 2.24) is 20.3 Å². The SMILES string of the molecule is COCc1ccc(C(=O)NCCCn2nnc3ccccc32)o1. The van der Waals surface area contributed by atoms with Crippen molar-refractivity contribution in [2.24, 2.45) is 0 Å². The number of nitrogens with zero attached hydrogens (tertiary/aromatic N) is 3. The van der Waals surface area contributed by atoms with Crippen LogP contribution in [0.1, 0.15) is 22.7 Å². The first-order chi connectivity index (χ1) is 11.3. The second-order valence-electron chi connectivity index (χ2n) is 5.11. The number of rotatable bonds is 7. The summed E-state index contributed by atoms with van der Waals surface area (Å²) in [5.74, 6) is 0.700. The second kappa shape index (κ2) is 7.06. The van der Waals surface area contributed by atoms with Gasteiger partial charge < -0.3 is 14.5 Å². The van der Waals surface area contributed by atoms with Crippen LogP contribution in [-0.2, 0) is 17.9 Å². The number of hydrogen-bond donors (Lipinski definition) is 1. The molecule has 2 aromatic heterocycles. The lowest BCUT2D eigenvalue weighted by Gasteiger charge is -2.04. The molecule has 3 aromatic rings. The number of furan rings is 1. The molecule has 0 spiro atoms. The monoisotopic (exact) mass is 314 g/mol. The number of ether oxygens (including phenoxy) is 1.